The van der Waals surface area contributed by atoms with E-state index in [2.05, 4.69) is 69.8 Å². The number of rotatable bonds is 2. The van der Waals surface area contributed by atoms with Crippen LogP contribution >= 0.6 is 15.9 Å². The Morgan fingerprint density at radius 2 is 2.00 bits per heavy atom. The van der Waals surface area contributed by atoms with Crippen LogP contribution in [0.5, 0.6) is 0 Å². The summed E-state index contributed by atoms with van der Waals surface area (Å²) in [5, 5.41) is 3.57. The van der Waals surface area contributed by atoms with E-state index in [0.717, 1.165) is 17.4 Å². The maximum Gasteiger partial charge on any atom is 0.0367 e. The highest BCUT2D eigenvalue weighted by molar-refractivity contribution is 9.10. The average Bonchev–Trinajstić information content (AvgIpc) is 2.73. The lowest BCUT2D eigenvalue weighted by Gasteiger charge is -2.12. The molecule has 0 amide bonds. The van der Waals surface area contributed by atoms with Gasteiger partial charge in [0.15, 0.2) is 0 Å². The maximum absolute atomic E-state index is 3.57. The molecule has 17 heavy (non-hydrogen) atoms. The van der Waals surface area contributed by atoms with Crippen LogP contribution in [-0.2, 0) is 13.0 Å². The molecule has 1 atom stereocenters. The van der Waals surface area contributed by atoms with Gasteiger partial charge in [-0.1, -0.05) is 52.3 Å². The van der Waals surface area contributed by atoms with Gasteiger partial charge in [0, 0.05) is 17.1 Å². The molecule has 1 aliphatic heterocycles. The van der Waals surface area contributed by atoms with E-state index in [1.165, 1.54) is 16.7 Å². The number of halogens is 1. The van der Waals surface area contributed by atoms with Gasteiger partial charge < -0.3 is 5.32 Å². The van der Waals surface area contributed by atoms with Crippen LogP contribution in [0.4, 0.5) is 0 Å². The smallest absolute Gasteiger partial charge is 0.0367 e. The van der Waals surface area contributed by atoms with Gasteiger partial charge in [-0.3, -0.25) is 0 Å². The Balaban J connectivity index is 1.84. The van der Waals surface area contributed by atoms with Gasteiger partial charge in [0.25, 0.3) is 0 Å². The van der Waals surface area contributed by atoms with E-state index in [0.29, 0.717) is 6.04 Å². The van der Waals surface area contributed by atoms with Crippen molar-refractivity contribution in [3.05, 3.63) is 69.7 Å². The Labute approximate surface area is 110 Å². The third kappa shape index (κ3) is 2.28. The molecule has 0 bridgehead atoms. The predicted octanol–water partition coefficient (Wildman–Crippen LogP) is 3.84. The lowest BCUT2D eigenvalue weighted by Crippen LogP contribution is -2.14. The standard InChI is InChI=1S/C15H14BrN/c16-13-6-3-4-11(8-13)9-15-14-7-2-1-5-12(14)10-17-15/h1-8,15,17H,9-10H2. The fourth-order valence-corrected chi connectivity index (χ4v) is 2.91. The molecule has 2 aromatic carbocycles. The highest BCUT2D eigenvalue weighted by Gasteiger charge is 2.20. The zero-order chi connectivity index (χ0) is 11.7. The fraction of sp³-hybridized carbons (Fsp3) is 0.200. The van der Waals surface area contributed by atoms with Crippen molar-refractivity contribution in [2.45, 2.75) is 19.0 Å². The molecular formula is C15H14BrN. The minimum atomic E-state index is 0.459. The molecule has 1 unspecified atom stereocenters. The van der Waals surface area contributed by atoms with Crippen LogP contribution < -0.4 is 5.32 Å². The Morgan fingerprint density at radius 3 is 2.88 bits per heavy atom. The third-order valence-electron chi connectivity index (χ3n) is 3.30. The third-order valence-corrected chi connectivity index (χ3v) is 3.79. The molecule has 0 saturated heterocycles. The summed E-state index contributed by atoms with van der Waals surface area (Å²) < 4.78 is 1.15. The summed E-state index contributed by atoms with van der Waals surface area (Å²) in [4.78, 5) is 0. The summed E-state index contributed by atoms with van der Waals surface area (Å²) in [6.07, 6.45) is 1.05. The SMILES string of the molecule is Brc1cccc(CC2NCc3ccccc32)c1. The number of hydrogen-bond donors (Lipinski definition) is 1. The van der Waals surface area contributed by atoms with Crippen LogP contribution in [0.2, 0.25) is 0 Å². The van der Waals surface area contributed by atoms with E-state index in [9.17, 15) is 0 Å². The zero-order valence-electron chi connectivity index (χ0n) is 9.49. The lowest BCUT2D eigenvalue weighted by atomic mass is 9.99. The Morgan fingerprint density at radius 1 is 1.12 bits per heavy atom. The van der Waals surface area contributed by atoms with Gasteiger partial charge in [0.2, 0.25) is 0 Å². The maximum atomic E-state index is 3.57. The summed E-state index contributed by atoms with van der Waals surface area (Å²) in [6.45, 7) is 0.995. The fourth-order valence-electron chi connectivity index (χ4n) is 2.46. The van der Waals surface area contributed by atoms with Gasteiger partial charge in [0.05, 0.1) is 0 Å². The average molecular weight is 288 g/mol. The van der Waals surface area contributed by atoms with E-state index in [1.54, 1.807) is 0 Å². The molecular weight excluding hydrogens is 274 g/mol. The van der Waals surface area contributed by atoms with Crippen molar-refractivity contribution in [2.24, 2.45) is 0 Å². The summed E-state index contributed by atoms with van der Waals surface area (Å²) >= 11 is 3.52. The van der Waals surface area contributed by atoms with Gasteiger partial charge >= 0.3 is 0 Å². The Bertz CT molecular complexity index is 536. The first-order valence-corrected chi connectivity index (χ1v) is 6.68. The van der Waals surface area contributed by atoms with Crippen LogP contribution in [0.25, 0.3) is 0 Å². The molecule has 0 radical (unpaired) electrons. The second-order valence-electron chi connectivity index (χ2n) is 4.47. The van der Waals surface area contributed by atoms with Crippen LogP contribution in [0.1, 0.15) is 22.7 Å². The van der Waals surface area contributed by atoms with E-state index in [1.807, 2.05) is 0 Å². The van der Waals surface area contributed by atoms with Crippen molar-refractivity contribution in [1.82, 2.24) is 5.32 Å². The minimum absolute atomic E-state index is 0.459. The Hall–Kier alpha value is -1.12. The van der Waals surface area contributed by atoms with E-state index in [-0.39, 0.29) is 0 Å². The van der Waals surface area contributed by atoms with E-state index >= 15 is 0 Å². The predicted molar refractivity (Wildman–Crippen MR) is 73.9 cm³/mol. The molecule has 0 aromatic heterocycles. The highest BCUT2D eigenvalue weighted by atomic mass is 79.9. The molecule has 86 valence electrons. The monoisotopic (exact) mass is 287 g/mol. The molecule has 2 aromatic rings. The second-order valence-corrected chi connectivity index (χ2v) is 5.38. The molecule has 1 nitrogen and oxygen atoms in total. The second kappa shape index (κ2) is 4.63. The molecule has 2 heteroatoms. The number of benzene rings is 2. The number of nitrogens with one attached hydrogen (secondary N) is 1. The van der Waals surface area contributed by atoms with E-state index < -0.39 is 0 Å². The quantitative estimate of drug-likeness (QED) is 0.885. The number of fused-ring (bicyclic) bond motifs is 1. The van der Waals surface area contributed by atoms with Gasteiger partial charge in [-0.2, -0.15) is 0 Å². The molecule has 0 aliphatic carbocycles. The molecule has 0 spiro atoms. The first-order chi connectivity index (χ1) is 8.33. The zero-order valence-corrected chi connectivity index (χ0v) is 11.1. The van der Waals surface area contributed by atoms with E-state index in [4.69, 9.17) is 0 Å². The molecule has 0 saturated carbocycles. The van der Waals surface area contributed by atoms with Crippen molar-refractivity contribution in [3.8, 4) is 0 Å². The lowest BCUT2D eigenvalue weighted by molar-refractivity contribution is 0.581. The van der Waals surface area contributed by atoms with Crippen molar-refractivity contribution in [3.63, 3.8) is 0 Å². The molecule has 1 N–H and O–H groups in total. The van der Waals surface area contributed by atoms with Crippen LogP contribution in [0, 0.1) is 0 Å². The van der Waals surface area contributed by atoms with Crippen LogP contribution in [-0.4, -0.2) is 0 Å². The highest BCUT2D eigenvalue weighted by Crippen LogP contribution is 2.28. The first kappa shape index (κ1) is 11.0. The van der Waals surface area contributed by atoms with Gasteiger partial charge in [0.1, 0.15) is 0 Å². The first-order valence-electron chi connectivity index (χ1n) is 5.88. The molecule has 3 rings (SSSR count). The van der Waals surface area contributed by atoms with Gasteiger partial charge in [-0.05, 0) is 35.2 Å². The largest absolute Gasteiger partial charge is 0.306 e. The molecule has 1 heterocycles. The summed E-state index contributed by atoms with van der Waals surface area (Å²) in [5.74, 6) is 0. The molecule has 0 fully saturated rings. The Kier molecular flexibility index (Phi) is 3.00. The minimum Gasteiger partial charge on any atom is -0.306 e. The van der Waals surface area contributed by atoms with Crippen LogP contribution in [0.15, 0.2) is 53.0 Å². The van der Waals surface area contributed by atoms with Crippen molar-refractivity contribution >= 4 is 15.9 Å². The van der Waals surface area contributed by atoms with Crippen LogP contribution in [0.3, 0.4) is 0 Å². The van der Waals surface area contributed by atoms with Crippen molar-refractivity contribution < 1.29 is 0 Å². The summed E-state index contributed by atoms with van der Waals surface area (Å²) in [6, 6.07) is 17.7. The van der Waals surface area contributed by atoms with Crippen molar-refractivity contribution in [2.75, 3.05) is 0 Å². The number of hydrogen-bond acceptors (Lipinski definition) is 1. The van der Waals surface area contributed by atoms with Gasteiger partial charge in [-0.15, -0.1) is 0 Å². The summed E-state index contributed by atoms with van der Waals surface area (Å²) in [7, 11) is 0. The van der Waals surface area contributed by atoms with Gasteiger partial charge in [-0.25, -0.2) is 0 Å². The normalized spacial score (nSPS) is 18.1. The topological polar surface area (TPSA) is 12.0 Å². The summed E-state index contributed by atoms with van der Waals surface area (Å²) in [5.41, 5.74) is 4.26. The molecule has 1 aliphatic rings. The van der Waals surface area contributed by atoms with Crippen molar-refractivity contribution in [1.29, 1.82) is 0 Å².